The number of ether oxygens (including phenoxy) is 1. The van der Waals surface area contributed by atoms with Gasteiger partial charge < -0.3 is 15.1 Å². The van der Waals surface area contributed by atoms with Crippen molar-refractivity contribution in [2.24, 2.45) is 0 Å². The first kappa shape index (κ1) is 17.9. The van der Waals surface area contributed by atoms with Crippen molar-refractivity contribution < 1.29 is 14.6 Å². The minimum Gasteiger partial charge on any atom is -0.624 e. The van der Waals surface area contributed by atoms with Crippen molar-refractivity contribution in [3.63, 3.8) is 0 Å². The van der Waals surface area contributed by atoms with Crippen molar-refractivity contribution in [3.05, 3.63) is 89.7 Å². The van der Waals surface area contributed by atoms with Crippen LogP contribution in [0.5, 0.6) is 0 Å². The number of hydroxylamine groups is 1. The minimum absolute atomic E-state index is 0.121. The van der Waals surface area contributed by atoms with Crippen LogP contribution in [0.3, 0.4) is 0 Å². The zero-order valence-corrected chi connectivity index (χ0v) is 13.8. The molecular formula is C20H23NO3. The second kappa shape index (κ2) is 8.43. The molecule has 2 rings (SSSR count). The van der Waals surface area contributed by atoms with Crippen molar-refractivity contribution >= 4 is 6.21 Å². The molecule has 2 aromatic rings. The van der Waals surface area contributed by atoms with Crippen LogP contribution in [-0.4, -0.2) is 35.3 Å². The summed E-state index contributed by atoms with van der Waals surface area (Å²) < 4.78 is 6.16. The molecule has 0 aliphatic rings. The topological polar surface area (TPSA) is 55.5 Å². The number of benzene rings is 2. The predicted molar refractivity (Wildman–Crippen MR) is 96.1 cm³/mol. The standard InChI is InChI=1S/C20H23NO3/c1-3-14-24-17(2)15-21(23)16-20(22,18-10-6-4-7-11-18)19-12-8-5-9-13-19/h3-13,16-17,22H,1,14-15H2,2H3/b21-16-. The molecule has 4 heteroatoms. The molecule has 0 radical (unpaired) electrons. The van der Waals surface area contributed by atoms with Crippen molar-refractivity contribution in [2.45, 2.75) is 18.6 Å². The highest BCUT2D eigenvalue weighted by Gasteiger charge is 2.33. The lowest BCUT2D eigenvalue weighted by molar-refractivity contribution is -0.468. The fourth-order valence-electron chi connectivity index (χ4n) is 2.50. The number of rotatable bonds is 8. The quantitative estimate of drug-likeness (QED) is 0.267. The van der Waals surface area contributed by atoms with Crippen LogP contribution in [0.15, 0.2) is 73.3 Å². The maximum atomic E-state index is 12.4. The molecule has 1 atom stereocenters. The van der Waals surface area contributed by atoms with Crippen molar-refractivity contribution in [1.29, 1.82) is 0 Å². The first-order valence-electron chi connectivity index (χ1n) is 7.92. The van der Waals surface area contributed by atoms with Gasteiger partial charge >= 0.3 is 0 Å². The molecule has 2 aromatic carbocycles. The van der Waals surface area contributed by atoms with Gasteiger partial charge in [-0.15, -0.1) is 6.58 Å². The van der Waals surface area contributed by atoms with Gasteiger partial charge in [0.1, 0.15) is 6.10 Å². The van der Waals surface area contributed by atoms with Crippen LogP contribution in [0.4, 0.5) is 0 Å². The van der Waals surface area contributed by atoms with Gasteiger partial charge in [-0.1, -0.05) is 66.7 Å². The van der Waals surface area contributed by atoms with Crippen LogP contribution in [0, 0.1) is 5.21 Å². The molecule has 4 nitrogen and oxygen atoms in total. The maximum absolute atomic E-state index is 12.4. The van der Waals surface area contributed by atoms with Crippen molar-refractivity contribution in [2.75, 3.05) is 13.2 Å². The molecule has 0 saturated carbocycles. The van der Waals surface area contributed by atoms with Gasteiger partial charge in [-0.25, -0.2) is 4.74 Å². The number of hydrogen-bond donors (Lipinski definition) is 1. The Morgan fingerprint density at radius 2 is 1.62 bits per heavy atom. The predicted octanol–water partition coefficient (Wildman–Crippen LogP) is 3.09. The molecule has 0 aromatic heterocycles. The lowest BCUT2D eigenvalue weighted by Gasteiger charge is -2.24. The Morgan fingerprint density at radius 3 is 2.08 bits per heavy atom. The van der Waals surface area contributed by atoms with E-state index < -0.39 is 5.60 Å². The third kappa shape index (κ3) is 4.54. The van der Waals surface area contributed by atoms with Gasteiger partial charge in [0.05, 0.1) is 6.61 Å². The molecule has 0 aliphatic carbocycles. The monoisotopic (exact) mass is 325 g/mol. The van der Waals surface area contributed by atoms with Gasteiger partial charge in [-0.3, -0.25) is 0 Å². The van der Waals surface area contributed by atoms with E-state index in [1.54, 1.807) is 30.3 Å². The van der Waals surface area contributed by atoms with E-state index in [2.05, 4.69) is 6.58 Å². The van der Waals surface area contributed by atoms with Crippen LogP contribution in [0.25, 0.3) is 0 Å². The van der Waals surface area contributed by atoms with E-state index in [4.69, 9.17) is 4.74 Å². The Labute approximate surface area is 142 Å². The number of nitrogens with zero attached hydrogens (tertiary/aromatic N) is 1. The van der Waals surface area contributed by atoms with Crippen LogP contribution in [0.2, 0.25) is 0 Å². The molecular weight excluding hydrogens is 302 g/mol. The van der Waals surface area contributed by atoms with Gasteiger partial charge in [0.15, 0.2) is 18.4 Å². The average Bonchev–Trinajstić information content (AvgIpc) is 2.61. The van der Waals surface area contributed by atoms with Crippen molar-refractivity contribution in [3.8, 4) is 0 Å². The zero-order valence-electron chi connectivity index (χ0n) is 13.8. The highest BCUT2D eigenvalue weighted by Crippen LogP contribution is 2.27. The van der Waals surface area contributed by atoms with Crippen molar-refractivity contribution in [1.82, 2.24) is 0 Å². The van der Waals surface area contributed by atoms with Crippen LogP contribution in [-0.2, 0) is 10.3 Å². The van der Waals surface area contributed by atoms with Gasteiger partial charge in [-0.05, 0) is 18.1 Å². The average molecular weight is 325 g/mol. The van der Waals surface area contributed by atoms with E-state index in [9.17, 15) is 10.3 Å². The molecule has 0 saturated heterocycles. The Morgan fingerprint density at radius 1 is 1.12 bits per heavy atom. The number of aliphatic hydroxyl groups is 1. The Hall–Kier alpha value is -2.43. The third-order valence-electron chi connectivity index (χ3n) is 3.69. The molecule has 0 amide bonds. The van der Waals surface area contributed by atoms with E-state index >= 15 is 0 Å². The normalized spacial score (nSPS) is 13.5. The summed E-state index contributed by atoms with van der Waals surface area (Å²) in [5.74, 6) is 0. The van der Waals surface area contributed by atoms with Crippen LogP contribution < -0.4 is 0 Å². The van der Waals surface area contributed by atoms with E-state index in [0.717, 1.165) is 4.74 Å². The maximum Gasteiger partial charge on any atom is 0.193 e. The summed E-state index contributed by atoms with van der Waals surface area (Å²) in [5, 5.41) is 23.6. The summed E-state index contributed by atoms with van der Waals surface area (Å²) in [7, 11) is 0. The Kier molecular flexibility index (Phi) is 6.29. The summed E-state index contributed by atoms with van der Waals surface area (Å²) >= 11 is 0. The van der Waals surface area contributed by atoms with Gasteiger partial charge in [0.25, 0.3) is 0 Å². The SMILES string of the molecule is C=CCOC(C)C/[N+]([O-])=C/C(O)(c1ccccc1)c1ccccc1. The Balaban J connectivity index is 2.33. The van der Waals surface area contributed by atoms with Gasteiger partial charge in [0, 0.05) is 0 Å². The first-order chi connectivity index (χ1) is 11.6. The van der Waals surface area contributed by atoms with Gasteiger partial charge in [0.2, 0.25) is 0 Å². The minimum atomic E-state index is -1.50. The first-order valence-corrected chi connectivity index (χ1v) is 7.92. The second-order valence-electron chi connectivity index (χ2n) is 5.66. The molecule has 0 fully saturated rings. The molecule has 0 heterocycles. The van der Waals surface area contributed by atoms with Crippen LogP contribution in [0.1, 0.15) is 18.1 Å². The fourth-order valence-corrected chi connectivity index (χ4v) is 2.50. The Bertz CT molecular complexity index is 628. The van der Waals surface area contributed by atoms with Gasteiger partial charge in [-0.2, -0.15) is 0 Å². The summed E-state index contributed by atoms with van der Waals surface area (Å²) in [4.78, 5) is 0. The second-order valence-corrected chi connectivity index (χ2v) is 5.66. The largest absolute Gasteiger partial charge is 0.624 e. The van der Waals surface area contributed by atoms with Crippen LogP contribution >= 0.6 is 0 Å². The highest BCUT2D eigenvalue weighted by molar-refractivity contribution is 5.73. The third-order valence-corrected chi connectivity index (χ3v) is 3.69. The molecule has 1 N–H and O–H groups in total. The lowest BCUT2D eigenvalue weighted by Crippen LogP contribution is -2.35. The summed E-state index contributed by atoms with van der Waals surface area (Å²) in [6.07, 6.45) is 2.66. The zero-order chi connectivity index (χ0) is 17.4. The van der Waals surface area contributed by atoms with E-state index in [1.807, 2.05) is 43.3 Å². The summed E-state index contributed by atoms with van der Waals surface area (Å²) in [6.45, 7) is 5.90. The molecule has 24 heavy (non-hydrogen) atoms. The summed E-state index contributed by atoms with van der Waals surface area (Å²) in [6, 6.07) is 18.3. The number of hydrogen-bond acceptors (Lipinski definition) is 3. The molecule has 0 bridgehead atoms. The van der Waals surface area contributed by atoms with E-state index in [1.165, 1.54) is 6.21 Å². The lowest BCUT2D eigenvalue weighted by atomic mass is 9.87. The summed E-state index contributed by atoms with van der Waals surface area (Å²) in [5.41, 5.74) is -0.226. The van der Waals surface area contributed by atoms with E-state index in [-0.39, 0.29) is 12.6 Å². The van der Waals surface area contributed by atoms with E-state index in [0.29, 0.717) is 17.7 Å². The molecule has 126 valence electrons. The highest BCUT2D eigenvalue weighted by atomic mass is 16.5. The fraction of sp³-hybridized carbons (Fsp3) is 0.250. The molecule has 0 aliphatic heterocycles. The molecule has 0 spiro atoms. The smallest absolute Gasteiger partial charge is 0.193 e. The molecule has 1 unspecified atom stereocenters.